The fourth-order valence-corrected chi connectivity index (χ4v) is 1.21. The van der Waals surface area contributed by atoms with Gasteiger partial charge in [-0.2, -0.15) is 0 Å². The van der Waals surface area contributed by atoms with Crippen molar-refractivity contribution in [3.05, 3.63) is 29.8 Å². The van der Waals surface area contributed by atoms with E-state index in [0.717, 1.165) is 0 Å². The summed E-state index contributed by atoms with van der Waals surface area (Å²) >= 11 is 0. The highest BCUT2D eigenvalue weighted by atomic mass is 16.6. The van der Waals surface area contributed by atoms with Crippen molar-refractivity contribution in [1.29, 1.82) is 0 Å². The van der Waals surface area contributed by atoms with Crippen LogP contribution in [-0.4, -0.2) is 23.6 Å². The largest absolute Gasteiger partial charge is 0.456 e. The zero-order chi connectivity index (χ0) is 14.6. The quantitative estimate of drug-likeness (QED) is 0.667. The summed E-state index contributed by atoms with van der Waals surface area (Å²) in [4.78, 5) is 23.0. The van der Waals surface area contributed by atoms with E-state index < -0.39 is 23.6 Å². The summed E-state index contributed by atoms with van der Waals surface area (Å²) in [5, 5.41) is 0. The van der Waals surface area contributed by atoms with E-state index >= 15 is 0 Å². The molecule has 0 saturated carbocycles. The third kappa shape index (κ3) is 5.09. The molecule has 0 aliphatic carbocycles. The average molecular weight is 265 g/mol. The van der Waals surface area contributed by atoms with Crippen molar-refractivity contribution in [1.82, 2.24) is 0 Å². The Morgan fingerprint density at radius 1 is 1.16 bits per heavy atom. The Kier molecular flexibility index (Phi) is 4.67. The third-order valence-corrected chi connectivity index (χ3v) is 2.08. The lowest BCUT2D eigenvalue weighted by atomic mass is 10.1. The molecule has 1 aromatic carbocycles. The number of rotatable bonds is 3. The van der Waals surface area contributed by atoms with Crippen LogP contribution in [0.25, 0.3) is 0 Å². The molecule has 0 spiro atoms. The second-order valence-corrected chi connectivity index (χ2v) is 5.24. The third-order valence-electron chi connectivity index (χ3n) is 2.08. The van der Waals surface area contributed by atoms with E-state index in [4.69, 9.17) is 15.2 Å². The van der Waals surface area contributed by atoms with Gasteiger partial charge in [0.05, 0.1) is 5.56 Å². The van der Waals surface area contributed by atoms with Crippen molar-refractivity contribution in [2.45, 2.75) is 39.3 Å². The molecule has 0 aliphatic rings. The van der Waals surface area contributed by atoms with Gasteiger partial charge in [0.2, 0.25) is 0 Å². The van der Waals surface area contributed by atoms with Gasteiger partial charge in [-0.05, 0) is 52.0 Å². The number of hydrogen-bond donors (Lipinski definition) is 1. The molecule has 1 rings (SSSR count). The van der Waals surface area contributed by atoms with Gasteiger partial charge in [0.15, 0.2) is 0 Å². The number of hydrogen-bond acceptors (Lipinski definition) is 5. The molecule has 0 aromatic heterocycles. The maximum atomic E-state index is 11.8. The highest BCUT2D eigenvalue weighted by Gasteiger charge is 2.18. The van der Waals surface area contributed by atoms with Crippen LogP contribution in [0.2, 0.25) is 0 Å². The van der Waals surface area contributed by atoms with Gasteiger partial charge in [-0.25, -0.2) is 9.59 Å². The SMILES string of the molecule is C[C@H](N)C(=O)Oc1ccc(C(=O)OC(C)(C)C)cc1. The molecule has 19 heavy (non-hydrogen) atoms. The average Bonchev–Trinajstić information content (AvgIpc) is 2.27. The first-order valence-corrected chi connectivity index (χ1v) is 6.00. The van der Waals surface area contributed by atoms with Crippen LogP contribution in [0.3, 0.4) is 0 Å². The molecule has 0 radical (unpaired) electrons. The Labute approximate surface area is 112 Å². The minimum Gasteiger partial charge on any atom is -0.456 e. The van der Waals surface area contributed by atoms with Crippen LogP contribution < -0.4 is 10.5 Å². The van der Waals surface area contributed by atoms with E-state index in [1.165, 1.54) is 31.2 Å². The lowest BCUT2D eigenvalue weighted by Gasteiger charge is -2.19. The monoisotopic (exact) mass is 265 g/mol. The van der Waals surface area contributed by atoms with Crippen LogP contribution in [0.4, 0.5) is 0 Å². The van der Waals surface area contributed by atoms with E-state index in [-0.39, 0.29) is 0 Å². The van der Waals surface area contributed by atoms with Crippen LogP contribution in [-0.2, 0) is 9.53 Å². The summed E-state index contributed by atoms with van der Waals surface area (Å²) in [6.45, 7) is 6.93. The molecule has 1 aromatic rings. The van der Waals surface area contributed by atoms with Gasteiger partial charge >= 0.3 is 11.9 Å². The fourth-order valence-electron chi connectivity index (χ4n) is 1.21. The summed E-state index contributed by atoms with van der Waals surface area (Å²) < 4.78 is 10.2. The summed E-state index contributed by atoms with van der Waals surface area (Å²) in [5.74, 6) is -0.600. The highest BCUT2D eigenvalue weighted by Crippen LogP contribution is 2.16. The van der Waals surface area contributed by atoms with Crippen LogP contribution >= 0.6 is 0 Å². The number of ether oxygens (including phenoxy) is 2. The van der Waals surface area contributed by atoms with Crippen molar-refractivity contribution in [2.24, 2.45) is 5.73 Å². The van der Waals surface area contributed by atoms with Crippen molar-refractivity contribution in [2.75, 3.05) is 0 Å². The number of benzene rings is 1. The first-order valence-electron chi connectivity index (χ1n) is 6.00. The molecule has 0 amide bonds. The van der Waals surface area contributed by atoms with Gasteiger partial charge in [-0.1, -0.05) is 0 Å². The highest BCUT2D eigenvalue weighted by molar-refractivity contribution is 5.90. The summed E-state index contributed by atoms with van der Waals surface area (Å²) in [7, 11) is 0. The van der Waals surface area contributed by atoms with Gasteiger partial charge in [0, 0.05) is 0 Å². The van der Waals surface area contributed by atoms with Crippen molar-refractivity contribution >= 4 is 11.9 Å². The number of carbonyl (C=O) groups excluding carboxylic acids is 2. The second kappa shape index (κ2) is 5.84. The zero-order valence-electron chi connectivity index (χ0n) is 11.6. The van der Waals surface area contributed by atoms with Crippen molar-refractivity contribution in [3.63, 3.8) is 0 Å². The first kappa shape index (κ1) is 15.2. The van der Waals surface area contributed by atoms with E-state index in [1.54, 1.807) is 20.8 Å². The predicted octanol–water partition coefficient (Wildman–Crippen LogP) is 1.89. The smallest absolute Gasteiger partial charge is 0.338 e. The molecule has 5 heteroatoms. The minimum atomic E-state index is -0.689. The molecular weight excluding hydrogens is 246 g/mol. The lowest BCUT2D eigenvalue weighted by molar-refractivity contribution is -0.135. The zero-order valence-corrected chi connectivity index (χ0v) is 11.6. The maximum absolute atomic E-state index is 11.8. The Bertz CT molecular complexity index is 457. The summed E-state index contributed by atoms with van der Waals surface area (Å²) in [6.07, 6.45) is 0. The summed E-state index contributed by atoms with van der Waals surface area (Å²) in [5.41, 5.74) is 5.24. The van der Waals surface area contributed by atoms with E-state index in [0.29, 0.717) is 11.3 Å². The van der Waals surface area contributed by atoms with Gasteiger partial charge in [0.25, 0.3) is 0 Å². The Hall–Kier alpha value is -1.88. The van der Waals surface area contributed by atoms with Gasteiger partial charge < -0.3 is 15.2 Å². The van der Waals surface area contributed by atoms with Crippen LogP contribution in [0.15, 0.2) is 24.3 Å². The molecule has 0 unspecified atom stereocenters. The maximum Gasteiger partial charge on any atom is 0.338 e. The van der Waals surface area contributed by atoms with E-state index in [2.05, 4.69) is 0 Å². The molecule has 5 nitrogen and oxygen atoms in total. The Morgan fingerprint density at radius 2 is 1.68 bits per heavy atom. The van der Waals surface area contributed by atoms with Crippen molar-refractivity contribution in [3.8, 4) is 5.75 Å². The predicted molar refractivity (Wildman–Crippen MR) is 70.9 cm³/mol. The second-order valence-electron chi connectivity index (χ2n) is 5.24. The fraction of sp³-hybridized carbons (Fsp3) is 0.429. The van der Waals surface area contributed by atoms with Gasteiger partial charge in [-0.3, -0.25) is 0 Å². The first-order chi connectivity index (χ1) is 8.69. The van der Waals surface area contributed by atoms with Crippen LogP contribution in [0.1, 0.15) is 38.1 Å². The van der Waals surface area contributed by atoms with Gasteiger partial charge in [-0.15, -0.1) is 0 Å². The van der Waals surface area contributed by atoms with E-state index in [1.807, 2.05) is 0 Å². The Balaban J connectivity index is 2.71. The molecular formula is C14H19NO4. The molecule has 104 valence electrons. The number of esters is 2. The number of nitrogens with two attached hydrogens (primary N) is 1. The molecule has 0 aliphatic heterocycles. The molecule has 0 bridgehead atoms. The normalized spacial score (nSPS) is 12.7. The molecule has 0 fully saturated rings. The molecule has 1 atom stereocenters. The Morgan fingerprint density at radius 3 is 2.11 bits per heavy atom. The minimum absolute atomic E-state index is 0.342. The standard InChI is InChI=1S/C14H19NO4/c1-9(15)12(16)18-11-7-5-10(6-8-11)13(17)19-14(2,3)4/h5-9H,15H2,1-4H3/t9-/m0/s1. The molecule has 0 saturated heterocycles. The van der Waals surface area contributed by atoms with E-state index in [9.17, 15) is 9.59 Å². The number of carbonyl (C=O) groups is 2. The van der Waals surface area contributed by atoms with Crippen molar-refractivity contribution < 1.29 is 19.1 Å². The molecule has 2 N–H and O–H groups in total. The molecule has 0 heterocycles. The topological polar surface area (TPSA) is 78.6 Å². The summed E-state index contributed by atoms with van der Waals surface area (Å²) in [6, 6.07) is 5.44. The van der Waals surface area contributed by atoms with Crippen LogP contribution in [0.5, 0.6) is 5.75 Å². The lowest BCUT2D eigenvalue weighted by Crippen LogP contribution is -2.30. The van der Waals surface area contributed by atoms with Gasteiger partial charge in [0.1, 0.15) is 17.4 Å². The van der Waals surface area contributed by atoms with Crippen LogP contribution in [0, 0.1) is 0 Å².